The minimum absolute atomic E-state index is 0.279. The van der Waals surface area contributed by atoms with Crippen LogP contribution >= 0.6 is 0 Å². The zero-order valence-corrected chi connectivity index (χ0v) is 24.3. The Hall–Kier alpha value is -4.58. The summed E-state index contributed by atoms with van der Waals surface area (Å²) in [5, 5.41) is 11.9. The van der Waals surface area contributed by atoms with E-state index in [9.17, 15) is 4.79 Å². The first-order chi connectivity index (χ1) is 19.5. The van der Waals surface area contributed by atoms with Gasteiger partial charge in [-0.3, -0.25) is 4.79 Å². The molecule has 0 aliphatic rings. The first kappa shape index (κ1) is 30.0. The largest absolute Gasteiger partial charge is 0.374 e. The smallest absolute Gasteiger partial charge is 0.274 e. The summed E-state index contributed by atoms with van der Waals surface area (Å²) in [6.07, 6.45) is 0.999. The molecular weight excluding hydrogens is 494 g/mol. The lowest BCUT2D eigenvalue weighted by molar-refractivity contribution is 0.102. The predicted molar refractivity (Wildman–Crippen MR) is 170 cm³/mol. The van der Waals surface area contributed by atoms with Crippen LogP contribution in [0.1, 0.15) is 62.7 Å². The van der Waals surface area contributed by atoms with Crippen molar-refractivity contribution in [2.75, 3.05) is 23.8 Å². The number of nitrogens with one attached hydrogen (secondary N) is 1. The van der Waals surface area contributed by atoms with Gasteiger partial charge in [0.05, 0.1) is 22.8 Å². The predicted octanol–water partition coefficient (Wildman–Crippen LogP) is 8.11. The number of amides is 1. The molecule has 0 spiro atoms. The topological polar surface area (TPSA) is 70.0 Å². The molecule has 1 N–H and O–H groups in total. The Morgan fingerprint density at radius 2 is 1.43 bits per heavy atom. The molecule has 1 amide bonds. The van der Waals surface area contributed by atoms with Crippen molar-refractivity contribution < 1.29 is 4.79 Å². The quantitative estimate of drug-likeness (QED) is 0.174. The number of nitrogens with zero attached hydrogens (tertiary/aromatic N) is 4. The van der Waals surface area contributed by atoms with E-state index in [1.807, 2.05) is 132 Å². The minimum atomic E-state index is -0.279. The Morgan fingerprint density at radius 1 is 0.825 bits per heavy atom. The normalized spacial score (nSPS) is 11.3. The van der Waals surface area contributed by atoms with Crippen molar-refractivity contribution in [3.63, 3.8) is 0 Å². The van der Waals surface area contributed by atoms with E-state index in [0.29, 0.717) is 17.1 Å². The Labute approximate surface area is 238 Å². The van der Waals surface area contributed by atoms with Gasteiger partial charge >= 0.3 is 0 Å². The molecule has 1 aromatic heterocycles. The molecule has 0 unspecified atom stereocenters. The SMILES string of the molecule is CC.CCCN(C)c1cc(C(=O)Nc2ccccc2/C(C)=N/N=C(\C)c2ccccc2)nc(-c2ccccc2)c1. The van der Waals surface area contributed by atoms with Gasteiger partial charge < -0.3 is 10.2 Å². The van der Waals surface area contributed by atoms with Crippen molar-refractivity contribution in [3.8, 4) is 11.3 Å². The van der Waals surface area contributed by atoms with Crippen LogP contribution in [0.25, 0.3) is 11.3 Å². The number of rotatable bonds is 9. The Bertz CT molecular complexity index is 1450. The summed E-state index contributed by atoms with van der Waals surface area (Å²) in [5.41, 5.74) is 7.00. The monoisotopic (exact) mass is 533 g/mol. The summed E-state index contributed by atoms with van der Waals surface area (Å²) in [7, 11) is 2.03. The maximum absolute atomic E-state index is 13.5. The summed E-state index contributed by atoms with van der Waals surface area (Å²) in [6.45, 7) is 10.8. The molecule has 0 aliphatic carbocycles. The van der Waals surface area contributed by atoms with Crippen molar-refractivity contribution in [2.45, 2.75) is 41.0 Å². The van der Waals surface area contributed by atoms with Crippen LogP contribution < -0.4 is 10.2 Å². The van der Waals surface area contributed by atoms with Gasteiger partial charge in [-0.2, -0.15) is 10.2 Å². The molecule has 4 aromatic rings. The standard InChI is InChI=1S/C32H33N5O.C2H6/c1-5-20-37(4)27-21-30(26-16-10-7-11-17-26)33-31(22-27)32(38)34-29-19-13-12-18-28(29)24(3)36-35-23(2)25-14-8-6-9-15-25;1-2/h6-19,21-22H,5,20H2,1-4H3,(H,34,38);1-2H3/b35-23+,36-24+;. The Balaban J connectivity index is 0.00000216. The molecule has 0 fully saturated rings. The molecule has 206 valence electrons. The zero-order valence-electron chi connectivity index (χ0n) is 24.3. The lowest BCUT2D eigenvalue weighted by Gasteiger charge is -2.20. The van der Waals surface area contributed by atoms with E-state index >= 15 is 0 Å². The lowest BCUT2D eigenvalue weighted by atomic mass is 10.1. The first-order valence-electron chi connectivity index (χ1n) is 13.8. The van der Waals surface area contributed by atoms with E-state index in [0.717, 1.165) is 46.7 Å². The summed E-state index contributed by atoms with van der Waals surface area (Å²) < 4.78 is 0. The average Bonchev–Trinajstić information content (AvgIpc) is 3.01. The number of pyridine rings is 1. The summed E-state index contributed by atoms with van der Waals surface area (Å²) in [5.74, 6) is -0.279. The highest BCUT2D eigenvalue weighted by molar-refractivity contribution is 6.10. The van der Waals surface area contributed by atoms with Crippen LogP contribution in [-0.4, -0.2) is 35.9 Å². The van der Waals surface area contributed by atoms with Gasteiger partial charge in [-0.25, -0.2) is 4.98 Å². The third-order valence-electron chi connectivity index (χ3n) is 6.22. The number of carbonyl (C=O) groups excluding carboxylic acids is 1. The fourth-order valence-electron chi connectivity index (χ4n) is 4.11. The molecule has 40 heavy (non-hydrogen) atoms. The Morgan fingerprint density at radius 3 is 2.10 bits per heavy atom. The fraction of sp³-hybridized carbons (Fsp3) is 0.235. The third-order valence-corrected chi connectivity index (χ3v) is 6.22. The van der Waals surface area contributed by atoms with Gasteiger partial charge in [0.2, 0.25) is 0 Å². The van der Waals surface area contributed by atoms with Crippen molar-refractivity contribution in [1.82, 2.24) is 4.98 Å². The molecule has 6 heteroatoms. The van der Waals surface area contributed by atoms with Crippen LogP contribution in [0.4, 0.5) is 11.4 Å². The second kappa shape index (κ2) is 15.1. The van der Waals surface area contributed by atoms with Gasteiger partial charge in [-0.15, -0.1) is 0 Å². The number of hydrogen-bond donors (Lipinski definition) is 1. The van der Waals surface area contributed by atoms with Crippen LogP contribution in [-0.2, 0) is 0 Å². The van der Waals surface area contributed by atoms with Gasteiger partial charge in [0.25, 0.3) is 5.91 Å². The second-order valence-corrected chi connectivity index (χ2v) is 9.12. The number of para-hydroxylation sites is 1. The van der Waals surface area contributed by atoms with Gasteiger partial charge in [0.15, 0.2) is 0 Å². The van der Waals surface area contributed by atoms with Crippen LogP contribution in [0, 0.1) is 0 Å². The molecule has 1 heterocycles. The van der Waals surface area contributed by atoms with Crippen molar-refractivity contribution in [1.29, 1.82) is 0 Å². The number of hydrogen-bond acceptors (Lipinski definition) is 5. The van der Waals surface area contributed by atoms with E-state index in [1.54, 1.807) is 0 Å². The number of aromatic nitrogens is 1. The van der Waals surface area contributed by atoms with Crippen molar-refractivity contribution in [2.24, 2.45) is 10.2 Å². The zero-order chi connectivity index (χ0) is 28.9. The Kier molecular flexibility index (Phi) is 11.3. The third kappa shape index (κ3) is 7.96. The highest BCUT2D eigenvalue weighted by atomic mass is 16.1. The number of benzene rings is 3. The van der Waals surface area contributed by atoms with Gasteiger partial charge in [0.1, 0.15) is 5.69 Å². The molecule has 0 atom stereocenters. The van der Waals surface area contributed by atoms with Crippen LogP contribution in [0.15, 0.2) is 107 Å². The highest BCUT2D eigenvalue weighted by Gasteiger charge is 2.16. The molecular formula is C34H39N5O. The van der Waals surface area contributed by atoms with E-state index in [1.165, 1.54) is 0 Å². The van der Waals surface area contributed by atoms with Crippen molar-refractivity contribution >= 4 is 28.7 Å². The fourth-order valence-corrected chi connectivity index (χ4v) is 4.11. The maximum atomic E-state index is 13.5. The molecule has 0 saturated heterocycles. The highest BCUT2D eigenvalue weighted by Crippen LogP contribution is 2.25. The van der Waals surface area contributed by atoms with Crippen molar-refractivity contribution in [3.05, 3.63) is 114 Å². The molecule has 0 radical (unpaired) electrons. The van der Waals surface area contributed by atoms with Gasteiger partial charge in [-0.05, 0) is 44.0 Å². The van der Waals surface area contributed by atoms with Gasteiger partial charge in [-0.1, -0.05) is 99.6 Å². The molecule has 3 aromatic carbocycles. The summed E-state index contributed by atoms with van der Waals surface area (Å²) >= 11 is 0. The molecule has 6 nitrogen and oxygen atoms in total. The van der Waals surface area contributed by atoms with E-state index in [2.05, 4.69) is 27.3 Å². The first-order valence-corrected chi connectivity index (χ1v) is 13.8. The minimum Gasteiger partial charge on any atom is -0.374 e. The van der Waals surface area contributed by atoms with E-state index in [4.69, 9.17) is 4.98 Å². The number of anilines is 2. The van der Waals surface area contributed by atoms with Crippen LogP contribution in [0.2, 0.25) is 0 Å². The average molecular weight is 534 g/mol. The van der Waals surface area contributed by atoms with Crippen LogP contribution in [0.5, 0.6) is 0 Å². The lowest BCUT2D eigenvalue weighted by Crippen LogP contribution is -2.20. The molecule has 4 rings (SSSR count). The molecule has 0 aliphatic heterocycles. The van der Waals surface area contributed by atoms with E-state index < -0.39 is 0 Å². The molecule has 0 saturated carbocycles. The summed E-state index contributed by atoms with van der Waals surface area (Å²) in [4.78, 5) is 20.4. The number of carbonyl (C=O) groups is 1. The molecule has 0 bridgehead atoms. The second-order valence-electron chi connectivity index (χ2n) is 9.12. The van der Waals surface area contributed by atoms with E-state index in [-0.39, 0.29) is 5.91 Å². The van der Waals surface area contributed by atoms with Gasteiger partial charge in [0, 0.05) is 30.4 Å². The summed E-state index contributed by atoms with van der Waals surface area (Å²) in [6, 6.07) is 31.3. The van der Waals surface area contributed by atoms with Crippen LogP contribution in [0.3, 0.4) is 0 Å². The maximum Gasteiger partial charge on any atom is 0.274 e.